The number of aliphatic hydroxyl groups is 1. The van der Waals surface area contributed by atoms with Gasteiger partial charge in [0.15, 0.2) is 10.8 Å². The number of piperidine rings is 2. The lowest BCUT2D eigenvalue weighted by molar-refractivity contribution is -0.142. The van der Waals surface area contributed by atoms with Crippen LogP contribution in [0, 0.1) is 5.92 Å². The molecule has 0 radical (unpaired) electrons. The Balaban J connectivity index is 0.950. The monoisotopic (exact) mass is 763 g/mol. The molecular weight excluding hydrogens is 726 g/mol. The number of hydrogen-bond donors (Lipinski definition) is 1. The van der Waals surface area contributed by atoms with Crippen molar-refractivity contribution in [2.24, 2.45) is 5.92 Å². The van der Waals surface area contributed by atoms with Gasteiger partial charge in [-0.1, -0.05) is 60.1 Å². The fourth-order valence-corrected chi connectivity index (χ4v) is 8.86. The first-order chi connectivity index (χ1) is 26.2. The second-order valence-electron chi connectivity index (χ2n) is 13.9. The van der Waals surface area contributed by atoms with Gasteiger partial charge in [0.1, 0.15) is 16.2 Å². The van der Waals surface area contributed by atoms with Crippen LogP contribution in [0.25, 0.3) is 27.3 Å². The van der Waals surface area contributed by atoms with Crippen molar-refractivity contribution < 1.29 is 19.4 Å². The summed E-state index contributed by atoms with van der Waals surface area (Å²) in [5.41, 5.74) is 1.77. The zero-order valence-electron chi connectivity index (χ0n) is 29.5. The molecule has 2 fully saturated rings. The van der Waals surface area contributed by atoms with Gasteiger partial charge in [-0.05, 0) is 49.1 Å². The number of ether oxygens (including phenoxy) is 1. The van der Waals surface area contributed by atoms with Crippen LogP contribution in [0.1, 0.15) is 40.4 Å². The minimum atomic E-state index is -1.18. The summed E-state index contributed by atoms with van der Waals surface area (Å²) in [5, 5.41) is 12.9. The number of halogens is 1. The lowest BCUT2D eigenvalue weighted by atomic mass is 9.79. The van der Waals surface area contributed by atoms with Crippen LogP contribution in [0.3, 0.4) is 0 Å². The molecule has 2 aliphatic heterocycles. The van der Waals surface area contributed by atoms with Gasteiger partial charge in [-0.15, -0.1) is 11.3 Å². The number of methoxy groups -OCH3 is 1. The molecule has 8 rings (SSSR count). The summed E-state index contributed by atoms with van der Waals surface area (Å²) in [7, 11) is 1.54. The highest BCUT2D eigenvalue weighted by Gasteiger charge is 2.42. The molecule has 4 aromatic heterocycles. The predicted molar refractivity (Wildman–Crippen MR) is 206 cm³/mol. The molecule has 6 aromatic rings. The molecular formula is C40H38ClN7O5S. The maximum absolute atomic E-state index is 14.3. The molecule has 2 saturated heterocycles. The molecule has 2 amide bonds. The van der Waals surface area contributed by atoms with E-state index in [1.54, 1.807) is 30.3 Å². The maximum Gasteiger partial charge on any atom is 0.267 e. The topological polar surface area (TPSA) is 136 Å². The third-order valence-corrected chi connectivity index (χ3v) is 12.1. The van der Waals surface area contributed by atoms with Crippen LogP contribution < -0.4 is 10.3 Å². The highest BCUT2D eigenvalue weighted by Crippen LogP contribution is 2.38. The quantitative estimate of drug-likeness (QED) is 0.210. The Hall–Kier alpha value is -5.37. The van der Waals surface area contributed by atoms with E-state index in [9.17, 15) is 19.5 Å². The van der Waals surface area contributed by atoms with Crippen molar-refractivity contribution in [2.75, 3.05) is 33.3 Å². The molecule has 0 bridgehead atoms. The maximum atomic E-state index is 14.3. The number of para-hydroxylation sites is 1. The fourth-order valence-electron chi connectivity index (χ4n) is 7.61. The summed E-state index contributed by atoms with van der Waals surface area (Å²) in [6.45, 7) is 1.51. The molecule has 14 heteroatoms. The standard InChI is InChI=1S/C40H38ClN7O5S/c1-53-32-13-12-27(22-42-32)36-44-34(41)33(54-36)39(51)46-18-14-29(31(23-46)26-8-4-2-5-9-26)37(49)45-20-16-40(52,17-21-45)24-47-25-43-35-30(38(47)50)15-19-48(35)28-10-6-3-7-11-28/h2-13,15,19,22,25,29,31,52H,14,16-18,20-21,23-24H2,1H3/t29-,31+/m1/s1. The van der Waals surface area contributed by atoms with E-state index in [1.807, 2.05) is 82.4 Å². The summed E-state index contributed by atoms with van der Waals surface area (Å²) in [6, 6.07) is 24.8. The van der Waals surface area contributed by atoms with Crippen molar-refractivity contribution >= 4 is 45.8 Å². The Kier molecular flexibility index (Phi) is 9.78. The van der Waals surface area contributed by atoms with Crippen LogP contribution in [0.4, 0.5) is 0 Å². The number of amides is 2. The van der Waals surface area contributed by atoms with E-state index in [-0.39, 0.29) is 40.9 Å². The van der Waals surface area contributed by atoms with E-state index in [2.05, 4.69) is 15.0 Å². The summed E-state index contributed by atoms with van der Waals surface area (Å²) < 4.78 is 8.50. The van der Waals surface area contributed by atoms with Gasteiger partial charge in [0.2, 0.25) is 11.8 Å². The second kappa shape index (κ2) is 14.8. The number of rotatable bonds is 8. The van der Waals surface area contributed by atoms with Gasteiger partial charge in [-0.2, -0.15) is 0 Å². The van der Waals surface area contributed by atoms with Crippen LogP contribution in [0.5, 0.6) is 5.88 Å². The fraction of sp³-hybridized carbons (Fsp3) is 0.300. The van der Waals surface area contributed by atoms with Crippen molar-refractivity contribution in [3.63, 3.8) is 0 Å². The molecule has 0 saturated carbocycles. The first-order valence-electron chi connectivity index (χ1n) is 17.9. The third-order valence-electron chi connectivity index (χ3n) is 10.6. The van der Waals surface area contributed by atoms with E-state index < -0.39 is 5.60 Å². The zero-order chi connectivity index (χ0) is 37.4. The third kappa shape index (κ3) is 6.90. The van der Waals surface area contributed by atoms with Gasteiger partial charge in [0.25, 0.3) is 11.5 Å². The minimum Gasteiger partial charge on any atom is -0.481 e. The summed E-state index contributed by atoms with van der Waals surface area (Å²) in [4.78, 5) is 58.9. The van der Waals surface area contributed by atoms with E-state index in [0.29, 0.717) is 72.2 Å². The summed E-state index contributed by atoms with van der Waals surface area (Å²) >= 11 is 7.75. The van der Waals surface area contributed by atoms with Crippen LogP contribution in [-0.2, 0) is 11.3 Å². The number of nitrogens with zero attached hydrogens (tertiary/aromatic N) is 7. The number of carbonyl (C=O) groups excluding carboxylic acids is 2. The normalized spacial score (nSPS) is 18.5. The number of carbonyl (C=O) groups is 2. The molecule has 0 spiro atoms. The summed E-state index contributed by atoms with van der Waals surface area (Å²) in [6.07, 6.45) is 6.06. The van der Waals surface area contributed by atoms with Crippen LogP contribution >= 0.6 is 22.9 Å². The van der Waals surface area contributed by atoms with E-state index in [1.165, 1.54) is 22.2 Å². The molecule has 0 aliphatic carbocycles. The lowest BCUT2D eigenvalue weighted by Gasteiger charge is -2.43. The average Bonchev–Trinajstić information content (AvgIpc) is 3.83. The average molecular weight is 764 g/mol. The van der Waals surface area contributed by atoms with Gasteiger partial charge < -0.3 is 24.2 Å². The number of hydrogen-bond acceptors (Lipinski definition) is 9. The lowest BCUT2D eigenvalue weighted by Crippen LogP contribution is -2.53. The first-order valence-corrected chi connectivity index (χ1v) is 19.0. The molecule has 2 aromatic carbocycles. The first kappa shape index (κ1) is 35.6. The molecule has 12 nitrogen and oxygen atoms in total. The molecule has 2 atom stereocenters. The van der Waals surface area contributed by atoms with Gasteiger partial charge in [-0.25, -0.2) is 15.0 Å². The molecule has 54 heavy (non-hydrogen) atoms. The Labute approximate surface area is 320 Å². The van der Waals surface area contributed by atoms with E-state index in [4.69, 9.17) is 16.3 Å². The Morgan fingerprint density at radius 3 is 2.41 bits per heavy atom. The molecule has 1 N–H and O–H groups in total. The highest BCUT2D eigenvalue weighted by molar-refractivity contribution is 7.17. The van der Waals surface area contributed by atoms with Crippen molar-refractivity contribution in [2.45, 2.75) is 37.3 Å². The van der Waals surface area contributed by atoms with Crippen molar-refractivity contribution in [3.05, 3.63) is 124 Å². The number of likely N-dealkylation sites (tertiary alicyclic amines) is 2. The number of aromatic nitrogens is 5. The largest absolute Gasteiger partial charge is 0.481 e. The second-order valence-corrected chi connectivity index (χ2v) is 15.2. The number of pyridine rings is 1. The van der Waals surface area contributed by atoms with Crippen LogP contribution in [0.2, 0.25) is 5.15 Å². The van der Waals surface area contributed by atoms with Gasteiger partial charge >= 0.3 is 0 Å². The van der Waals surface area contributed by atoms with Crippen LogP contribution in [-0.4, -0.2) is 89.7 Å². The van der Waals surface area contributed by atoms with Gasteiger partial charge in [-0.3, -0.25) is 19.0 Å². The Morgan fingerprint density at radius 2 is 1.70 bits per heavy atom. The Morgan fingerprint density at radius 1 is 0.963 bits per heavy atom. The summed E-state index contributed by atoms with van der Waals surface area (Å²) in [5.74, 6) is -0.344. The Bertz CT molecular complexity index is 2360. The minimum absolute atomic E-state index is 0.00521. The van der Waals surface area contributed by atoms with Crippen LogP contribution in [0.15, 0.2) is 102 Å². The van der Waals surface area contributed by atoms with E-state index in [0.717, 1.165) is 16.8 Å². The highest BCUT2D eigenvalue weighted by atomic mass is 35.5. The molecule has 2 aliphatic rings. The number of fused-ring (bicyclic) bond motifs is 1. The van der Waals surface area contributed by atoms with Crippen molar-refractivity contribution in [3.8, 4) is 22.1 Å². The number of benzene rings is 2. The zero-order valence-corrected chi connectivity index (χ0v) is 31.1. The van der Waals surface area contributed by atoms with Gasteiger partial charge in [0.05, 0.1) is 24.6 Å². The van der Waals surface area contributed by atoms with Crippen molar-refractivity contribution in [1.82, 2.24) is 33.9 Å². The molecule has 6 heterocycles. The van der Waals surface area contributed by atoms with Gasteiger partial charge in [0, 0.05) is 67.7 Å². The predicted octanol–water partition coefficient (Wildman–Crippen LogP) is 5.67. The molecule has 0 unspecified atom stereocenters. The van der Waals surface area contributed by atoms with E-state index >= 15 is 0 Å². The number of thiazole rings is 1. The SMILES string of the molecule is COc1ccc(-c2nc(Cl)c(C(=O)N3CC[C@@H](C(=O)N4CCC(O)(Cn5cnc6c(ccn6-c6ccccc6)c5=O)CC4)[C@H](c4ccccc4)C3)s2)cn1. The molecule has 276 valence electrons. The van der Waals surface area contributed by atoms with Crippen molar-refractivity contribution in [1.29, 1.82) is 0 Å². The smallest absolute Gasteiger partial charge is 0.267 e.